The van der Waals surface area contributed by atoms with E-state index in [1.54, 1.807) is 12.1 Å². The molecular formula is C11H13NO. The molecule has 1 heterocycles. The van der Waals surface area contributed by atoms with E-state index in [2.05, 4.69) is 17.2 Å². The summed E-state index contributed by atoms with van der Waals surface area (Å²) in [6.45, 7) is 2.05. The highest BCUT2D eigenvalue weighted by Crippen LogP contribution is 2.13. The summed E-state index contributed by atoms with van der Waals surface area (Å²) in [4.78, 5) is 2.27. The highest BCUT2D eigenvalue weighted by Gasteiger charge is 2.04. The molecule has 1 aromatic rings. The minimum Gasteiger partial charge on any atom is -0.508 e. The summed E-state index contributed by atoms with van der Waals surface area (Å²) in [7, 11) is 0. The molecule has 0 aromatic heterocycles. The Labute approximate surface area is 78.1 Å². The highest BCUT2D eigenvalue weighted by molar-refractivity contribution is 5.26. The standard InChI is InChI=1S/C11H13NO/c13-11-5-3-10(4-6-11)9-12-7-1-2-8-12/h1,3-7,13H,2,8-9H2. The molecule has 0 saturated heterocycles. The fourth-order valence-corrected chi connectivity index (χ4v) is 1.51. The van der Waals surface area contributed by atoms with Gasteiger partial charge in [0.25, 0.3) is 0 Å². The van der Waals surface area contributed by atoms with Crippen LogP contribution in [-0.4, -0.2) is 16.6 Å². The van der Waals surface area contributed by atoms with Crippen LogP contribution in [0.25, 0.3) is 0 Å². The van der Waals surface area contributed by atoms with Crippen LogP contribution in [0, 0.1) is 0 Å². The molecule has 0 bridgehead atoms. The van der Waals surface area contributed by atoms with Crippen LogP contribution < -0.4 is 0 Å². The number of phenols is 1. The average molecular weight is 175 g/mol. The van der Waals surface area contributed by atoms with Crippen molar-refractivity contribution in [3.8, 4) is 5.75 Å². The second-order valence-electron chi connectivity index (χ2n) is 3.31. The Kier molecular flexibility index (Phi) is 2.21. The topological polar surface area (TPSA) is 23.5 Å². The van der Waals surface area contributed by atoms with Crippen molar-refractivity contribution in [1.82, 2.24) is 4.90 Å². The molecule has 1 aliphatic heterocycles. The zero-order valence-electron chi connectivity index (χ0n) is 7.48. The van der Waals surface area contributed by atoms with Crippen molar-refractivity contribution in [3.05, 3.63) is 42.1 Å². The number of benzene rings is 1. The lowest BCUT2D eigenvalue weighted by molar-refractivity contribution is 0.399. The number of hydrogen-bond donors (Lipinski definition) is 1. The van der Waals surface area contributed by atoms with Gasteiger partial charge in [0.05, 0.1) is 0 Å². The third-order valence-electron chi connectivity index (χ3n) is 2.22. The first-order valence-corrected chi connectivity index (χ1v) is 4.53. The van der Waals surface area contributed by atoms with Gasteiger partial charge >= 0.3 is 0 Å². The monoisotopic (exact) mass is 175 g/mol. The maximum absolute atomic E-state index is 9.09. The largest absolute Gasteiger partial charge is 0.508 e. The van der Waals surface area contributed by atoms with E-state index in [4.69, 9.17) is 5.11 Å². The van der Waals surface area contributed by atoms with Crippen LogP contribution in [0.3, 0.4) is 0 Å². The van der Waals surface area contributed by atoms with Gasteiger partial charge in [-0.25, -0.2) is 0 Å². The van der Waals surface area contributed by atoms with Crippen LogP contribution in [0.5, 0.6) is 5.75 Å². The molecule has 0 amide bonds. The smallest absolute Gasteiger partial charge is 0.115 e. The third-order valence-corrected chi connectivity index (χ3v) is 2.22. The summed E-state index contributed by atoms with van der Waals surface area (Å²) in [6.07, 6.45) is 5.46. The fraction of sp³-hybridized carbons (Fsp3) is 0.273. The molecule has 0 atom stereocenters. The second kappa shape index (κ2) is 3.52. The molecule has 68 valence electrons. The van der Waals surface area contributed by atoms with E-state index in [1.807, 2.05) is 12.1 Å². The summed E-state index contributed by atoms with van der Waals surface area (Å²) in [5.74, 6) is 0.334. The Morgan fingerprint density at radius 1 is 1.23 bits per heavy atom. The first kappa shape index (κ1) is 8.17. The van der Waals surface area contributed by atoms with Crippen molar-refractivity contribution in [2.75, 3.05) is 6.54 Å². The molecule has 0 aliphatic carbocycles. The lowest BCUT2D eigenvalue weighted by Gasteiger charge is -2.14. The summed E-state index contributed by atoms with van der Waals surface area (Å²) in [5.41, 5.74) is 1.24. The van der Waals surface area contributed by atoms with Gasteiger partial charge in [0.2, 0.25) is 0 Å². The zero-order chi connectivity index (χ0) is 9.10. The Bertz CT molecular complexity index is 302. The predicted octanol–water partition coefficient (Wildman–Crippen LogP) is 2.11. The van der Waals surface area contributed by atoms with E-state index in [-0.39, 0.29) is 0 Å². The summed E-state index contributed by atoms with van der Waals surface area (Å²) >= 11 is 0. The molecule has 2 nitrogen and oxygen atoms in total. The van der Waals surface area contributed by atoms with Gasteiger partial charge in [0, 0.05) is 13.1 Å². The molecule has 0 unspecified atom stereocenters. The maximum atomic E-state index is 9.09. The van der Waals surface area contributed by atoms with Crippen molar-refractivity contribution in [2.24, 2.45) is 0 Å². The minimum absolute atomic E-state index is 0.334. The van der Waals surface area contributed by atoms with Crippen LogP contribution >= 0.6 is 0 Å². The molecule has 0 saturated carbocycles. The lowest BCUT2D eigenvalue weighted by Crippen LogP contribution is -2.13. The quantitative estimate of drug-likeness (QED) is 0.744. The van der Waals surface area contributed by atoms with E-state index >= 15 is 0 Å². The van der Waals surface area contributed by atoms with Crippen LogP contribution in [0.2, 0.25) is 0 Å². The lowest BCUT2D eigenvalue weighted by atomic mass is 10.2. The van der Waals surface area contributed by atoms with E-state index in [9.17, 15) is 0 Å². The average Bonchev–Trinajstić information content (AvgIpc) is 2.62. The molecule has 2 rings (SSSR count). The number of hydrogen-bond acceptors (Lipinski definition) is 2. The number of aromatic hydroxyl groups is 1. The van der Waals surface area contributed by atoms with Gasteiger partial charge in [-0.2, -0.15) is 0 Å². The first-order chi connectivity index (χ1) is 6.34. The number of phenolic OH excluding ortho intramolecular Hbond substituents is 1. The Balaban J connectivity index is 2.01. The van der Waals surface area contributed by atoms with Gasteiger partial charge in [0.15, 0.2) is 0 Å². The van der Waals surface area contributed by atoms with Gasteiger partial charge in [-0.1, -0.05) is 18.2 Å². The molecule has 1 N–H and O–H groups in total. The molecule has 0 spiro atoms. The van der Waals surface area contributed by atoms with Crippen LogP contribution in [0.4, 0.5) is 0 Å². The molecule has 0 radical (unpaired) electrons. The van der Waals surface area contributed by atoms with Crippen molar-refractivity contribution >= 4 is 0 Å². The van der Waals surface area contributed by atoms with Crippen LogP contribution in [-0.2, 0) is 6.54 Å². The van der Waals surface area contributed by atoms with Crippen molar-refractivity contribution in [2.45, 2.75) is 13.0 Å². The Morgan fingerprint density at radius 2 is 2.00 bits per heavy atom. The highest BCUT2D eigenvalue weighted by atomic mass is 16.3. The third kappa shape index (κ3) is 2.02. The van der Waals surface area contributed by atoms with Gasteiger partial charge in [-0.05, 0) is 30.3 Å². The molecular weight excluding hydrogens is 162 g/mol. The molecule has 1 aromatic carbocycles. The van der Waals surface area contributed by atoms with E-state index in [0.717, 1.165) is 19.5 Å². The Morgan fingerprint density at radius 3 is 2.62 bits per heavy atom. The van der Waals surface area contributed by atoms with Gasteiger partial charge in [0.1, 0.15) is 5.75 Å². The molecule has 1 aliphatic rings. The van der Waals surface area contributed by atoms with Crippen LogP contribution in [0.15, 0.2) is 36.5 Å². The zero-order valence-corrected chi connectivity index (χ0v) is 7.48. The first-order valence-electron chi connectivity index (χ1n) is 4.53. The summed E-state index contributed by atoms with van der Waals surface area (Å²) < 4.78 is 0. The maximum Gasteiger partial charge on any atom is 0.115 e. The van der Waals surface area contributed by atoms with Crippen LogP contribution in [0.1, 0.15) is 12.0 Å². The van der Waals surface area contributed by atoms with Gasteiger partial charge < -0.3 is 10.0 Å². The fourth-order valence-electron chi connectivity index (χ4n) is 1.51. The normalized spacial score (nSPS) is 15.2. The molecule has 0 fully saturated rings. The second-order valence-corrected chi connectivity index (χ2v) is 3.31. The van der Waals surface area contributed by atoms with Crippen molar-refractivity contribution in [3.63, 3.8) is 0 Å². The van der Waals surface area contributed by atoms with Gasteiger partial charge in [-0.3, -0.25) is 0 Å². The number of rotatable bonds is 2. The van der Waals surface area contributed by atoms with E-state index < -0.39 is 0 Å². The summed E-state index contributed by atoms with van der Waals surface area (Å²) in [6, 6.07) is 7.38. The van der Waals surface area contributed by atoms with E-state index in [1.165, 1.54) is 5.56 Å². The van der Waals surface area contributed by atoms with Crippen molar-refractivity contribution in [1.29, 1.82) is 0 Å². The minimum atomic E-state index is 0.334. The SMILES string of the molecule is Oc1ccc(CN2C=CCC2)cc1. The molecule has 13 heavy (non-hydrogen) atoms. The van der Waals surface area contributed by atoms with Crippen molar-refractivity contribution < 1.29 is 5.11 Å². The van der Waals surface area contributed by atoms with Gasteiger partial charge in [-0.15, -0.1) is 0 Å². The van der Waals surface area contributed by atoms with E-state index in [0.29, 0.717) is 5.75 Å². The number of nitrogens with zero attached hydrogens (tertiary/aromatic N) is 1. The predicted molar refractivity (Wildman–Crippen MR) is 52.3 cm³/mol. The molecule has 2 heteroatoms. The summed E-state index contributed by atoms with van der Waals surface area (Å²) in [5, 5.41) is 9.09. The Hall–Kier alpha value is -1.44.